The van der Waals surface area contributed by atoms with Crippen molar-refractivity contribution in [3.63, 3.8) is 0 Å². The smallest absolute Gasteiger partial charge is 0.247 e. The summed E-state index contributed by atoms with van der Waals surface area (Å²) in [4.78, 5) is 13.9. The third kappa shape index (κ3) is 1.54. The molecule has 1 atom stereocenters. The zero-order chi connectivity index (χ0) is 11.0. The number of fused-ring (bicyclic) bond motifs is 1. The Bertz CT molecular complexity index is 435. The minimum atomic E-state index is 0.201. The quantitative estimate of drug-likeness (QED) is 0.701. The van der Waals surface area contributed by atoms with E-state index in [1.807, 2.05) is 29.2 Å². The largest absolute Gasteiger partial charge is 0.336 e. The molecule has 16 heavy (non-hydrogen) atoms. The molecular weight excluding hydrogens is 198 g/mol. The molecule has 0 unspecified atom stereocenters. The first-order chi connectivity index (χ1) is 7.84. The van der Waals surface area contributed by atoms with Crippen molar-refractivity contribution in [3.05, 3.63) is 42.0 Å². The summed E-state index contributed by atoms with van der Waals surface area (Å²) in [6.07, 6.45) is 5.16. The summed E-state index contributed by atoms with van der Waals surface area (Å²) in [5.74, 6) is 0.201. The molecule has 2 aliphatic heterocycles. The molecule has 82 valence electrons. The fourth-order valence-corrected chi connectivity index (χ4v) is 2.74. The molecule has 0 spiro atoms. The first-order valence-corrected chi connectivity index (χ1v) is 5.91. The van der Waals surface area contributed by atoms with Gasteiger partial charge in [0.25, 0.3) is 0 Å². The predicted octanol–water partition coefficient (Wildman–Crippen LogP) is 2.46. The van der Waals surface area contributed by atoms with Crippen LogP contribution in [-0.2, 0) is 4.79 Å². The van der Waals surface area contributed by atoms with Gasteiger partial charge in [0.1, 0.15) is 0 Å². The van der Waals surface area contributed by atoms with E-state index in [4.69, 9.17) is 0 Å². The Morgan fingerprint density at radius 1 is 1.19 bits per heavy atom. The minimum Gasteiger partial charge on any atom is -0.336 e. The Morgan fingerprint density at radius 3 is 2.81 bits per heavy atom. The van der Waals surface area contributed by atoms with Crippen molar-refractivity contribution in [2.75, 3.05) is 6.54 Å². The number of nitrogens with zero attached hydrogens (tertiary/aromatic N) is 1. The molecule has 0 aliphatic carbocycles. The van der Waals surface area contributed by atoms with E-state index in [9.17, 15) is 4.79 Å². The highest BCUT2D eigenvalue weighted by atomic mass is 16.2. The molecular formula is C14H15NO. The van der Waals surface area contributed by atoms with Crippen LogP contribution in [0.15, 0.2) is 36.4 Å². The fourth-order valence-electron chi connectivity index (χ4n) is 2.74. The maximum absolute atomic E-state index is 11.9. The number of hydrogen-bond donors (Lipinski definition) is 0. The number of rotatable bonds is 1. The number of carbonyl (C=O) groups excluding carboxylic acids is 1. The van der Waals surface area contributed by atoms with E-state index in [-0.39, 0.29) is 5.91 Å². The topological polar surface area (TPSA) is 20.3 Å². The Balaban J connectivity index is 1.93. The highest BCUT2D eigenvalue weighted by molar-refractivity contribution is 5.97. The third-order valence-corrected chi connectivity index (χ3v) is 3.56. The molecule has 0 aromatic heterocycles. The summed E-state index contributed by atoms with van der Waals surface area (Å²) in [5.41, 5.74) is 2.40. The molecule has 0 bridgehead atoms. The van der Waals surface area contributed by atoms with E-state index in [1.165, 1.54) is 11.1 Å². The van der Waals surface area contributed by atoms with Gasteiger partial charge in [0.15, 0.2) is 0 Å². The van der Waals surface area contributed by atoms with Crippen LogP contribution in [-0.4, -0.2) is 23.4 Å². The van der Waals surface area contributed by atoms with Gasteiger partial charge < -0.3 is 4.90 Å². The van der Waals surface area contributed by atoms with Gasteiger partial charge in [-0.05, 0) is 30.4 Å². The van der Waals surface area contributed by atoms with E-state index >= 15 is 0 Å². The van der Waals surface area contributed by atoms with Crippen LogP contribution in [0.4, 0.5) is 0 Å². The molecule has 2 heterocycles. The molecule has 3 rings (SSSR count). The Morgan fingerprint density at radius 2 is 2.00 bits per heavy atom. The van der Waals surface area contributed by atoms with Crippen LogP contribution in [0.2, 0.25) is 0 Å². The van der Waals surface area contributed by atoms with Crippen LogP contribution in [0.5, 0.6) is 0 Å². The molecule has 2 aliphatic rings. The SMILES string of the molecule is O=C1C=C(c2ccccc2)C[C@@H]2CCCN12. The zero-order valence-electron chi connectivity index (χ0n) is 9.23. The first-order valence-electron chi connectivity index (χ1n) is 5.91. The van der Waals surface area contributed by atoms with Gasteiger partial charge in [-0.3, -0.25) is 4.79 Å². The molecule has 2 nitrogen and oxygen atoms in total. The Hall–Kier alpha value is -1.57. The number of hydrogen-bond acceptors (Lipinski definition) is 1. The van der Waals surface area contributed by atoms with Crippen LogP contribution >= 0.6 is 0 Å². The monoisotopic (exact) mass is 213 g/mol. The van der Waals surface area contributed by atoms with E-state index in [1.54, 1.807) is 0 Å². The number of benzene rings is 1. The van der Waals surface area contributed by atoms with E-state index in [2.05, 4.69) is 12.1 Å². The number of carbonyl (C=O) groups is 1. The maximum atomic E-state index is 11.9. The first kappa shape index (κ1) is 9.64. The highest BCUT2D eigenvalue weighted by Crippen LogP contribution is 2.32. The van der Waals surface area contributed by atoms with E-state index < -0.39 is 0 Å². The maximum Gasteiger partial charge on any atom is 0.247 e. The molecule has 1 fully saturated rings. The zero-order valence-corrected chi connectivity index (χ0v) is 9.23. The van der Waals surface area contributed by atoms with E-state index in [0.29, 0.717) is 6.04 Å². The van der Waals surface area contributed by atoms with Crippen LogP contribution in [0.1, 0.15) is 24.8 Å². The molecule has 1 aromatic carbocycles. The van der Waals surface area contributed by atoms with Crippen molar-refractivity contribution in [1.82, 2.24) is 4.90 Å². The Kier molecular flexibility index (Phi) is 2.28. The normalized spacial score (nSPS) is 24.2. The van der Waals surface area contributed by atoms with Crippen LogP contribution in [0.25, 0.3) is 5.57 Å². The average molecular weight is 213 g/mol. The van der Waals surface area contributed by atoms with Gasteiger partial charge in [0.05, 0.1) is 0 Å². The van der Waals surface area contributed by atoms with Crippen molar-refractivity contribution in [1.29, 1.82) is 0 Å². The second-order valence-electron chi connectivity index (χ2n) is 4.57. The van der Waals surface area contributed by atoms with Gasteiger partial charge in [-0.2, -0.15) is 0 Å². The van der Waals surface area contributed by atoms with Gasteiger partial charge in [0, 0.05) is 18.7 Å². The molecule has 0 radical (unpaired) electrons. The van der Waals surface area contributed by atoms with Gasteiger partial charge in [-0.25, -0.2) is 0 Å². The summed E-state index contributed by atoms with van der Waals surface area (Å²) in [5, 5.41) is 0. The standard InChI is InChI=1S/C14H15NO/c16-14-10-12(11-5-2-1-3-6-11)9-13-7-4-8-15(13)14/h1-3,5-6,10,13H,4,7-9H2/t13-/m0/s1. The summed E-state index contributed by atoms with van der Waals surface area (Å²) in [7, 11) is 0. The molecule has 0 N–H and O–H groups in total. The molecule has 1 saturated heterocycles. The minimum absolute atomic E-state index is 0.201. The van der Waals surface area contributed by atoms with Gasteiger partial charge in [-0.15, -0.1) is 0 Å². The second kappa shape index (κ2) is 3.78. The third-order valence-electron chi connectivity index (χ3n) is 3.56. The Labute approximate surface area is 95.6 Å². The lowest BCUT2D eigenvalue weighted by atomic mass is 9.94. The summed E-state index contributed by atoms with van der Waals surface area (Å²) in [6, 6.07) is 10.7. The predicted molar refractivity (Wildman–Crippen MR) is 63.8 cm³/mol. The fraction of sp³-hybridized carbons (Fsp3) is 0.357. The molecule has 1 amide bonds. The number of amides is 1. The molecule has 2 heteroatoms. The van der Waals surface area contributed by atoms with E-state index in [0.717, 1.165) is 25.8 Å². The van der Waals surface area contributed by atoms with Crippen molar-refractivity contribution < 1.29 is 4.79 Å². The van der Waals surface area contributed by atoms with Crippen molar-refractivity contribution in [3.8, 4) is 0 Å². The van der Waals surface area contributed by atoms with Gasteiger partial charge in [0.2, 0.25) is 5.91 Å². The highest BCUT2D eigenvalue weighted by Gasteiger charge is 2.32. The van der Waals surface area contributed by atoms with Gasteiger partial charge >= 0.3 is 0 Å². The average Bonchev–Trinajstić information content (AvgIpc) is 2.79. The summed E-state index contributed by atoms with van der Waals surface area (Å²) >= 11 is 0. The second-order valence-corrected chi connectivity index (χ2v) is 4.57. The van der Waals surface area contributed by atoms with Crippen LogP contribution in [0, 0.1) is 0 Å². The lowest BCUT2D eigenvalue weighted by Gasteiger charge is -2.29. The lowest BCUT2D eigenvalue weighted by molar-refractivity contribution is -0.127. The van der Waals surface area contributed by atoms with Crippen molar-refractivity contribution in [2.24, 2.45) is 0 Å². The molecule has 0 saturated carbocycles. The van der Waals surface area contributed by atoms with Crippen LogP contribution in [0.3, 0.4) is 0 Å². The summed E-state index contributed by atoms with van der Waals surface area (Å²) in [6.45, 7) is 0.946. The molecule has 1 aromatic rings. The lowest BCUT2D eigenvalue weighted by Crippen LogP contribution is -2.37. The van der Waals surface area contributed by atoms with Gasteiger partial charge in [-0.1, -0.05) is 30.3 Å². The van der Waals surface area contributed by atoms with Crippen molar-refractivity contribution in [2.45, 2.75) is 25.3 Å². The van der Waals surface area contributed by atoms with Crippen molar-refractivity contribution >= 4 is 11.5 Å². The van der Waals surface area contributed by atoms with Crippen LogP contribution < -0.4 is 0 Å². The summed E-state index contributed by atoms with van der Waals surface area (Å²) < 4.78 is 0.